The molecule has 114 valence electrons. The Bertz CT molecular complexity index is 528. The Morgan fingerprint density at radius 1 is 1.48 bits per heavy atom. The van der Waals surface area contributed by atoms with Crippen molar-refractivity contribution in [1.29, 1.82) is 0 Å². The average Bonchev–Trinajstić information content (AvgIpc) is 2.48. The summed E-state index contributed by atoms with van der Waals surface area (Å²) in [5, 5.41) is 2.92. The van der Waals surface area contributed by atoms with Gasteiger partial charge < -0.3 is 15.8 Å². The second-order valence-corrected chi connectivity index (χ2v) is 6.72. The van der Waals surface area contributed by atoms with Crippen molar-refractivity contribution in [2.45, 2.75) is 19.3 Å². The third-order valence-electron chi connectivity index (χ3n) is 3.59. The van der Waals surface area contributed by atoms with E-state index in [1.165, 1.54) is 0 Å². The number of nitrogens with one attached hydrogen (secondary N) is 1. The zero-order chi connectivity index (χ0) is 15.2. The molecule has 1 aliphatic heterocycles. The van der Waals surface area contributed by atoms with E-state index in [1.54, 1.807) is 25.3 Å². The van der Waals surface area contributed by atoms with Gasteiger partial charge in [0.05, 0.1) is 12.8 Å². The first-order valence-electron chi connectivity index (χ1n) is 6.96. The summed E-state index contributed by atoms with van der Waals surface area (Å²) in [6, 6.07) is 5.38. The van der Waals surface area contributed by atoms with Crippen molar-refractivity contribution in [2.24, 2.45) is 11.7 Å². The molecule has 0 radical (unpaired) electrons. The second-order valence-electron chi connectivity index (χ2n) is 5.06. The monoisotopic (exact) mass is 324 g/mol. The molecule has 0 atom stereocenters. The first-order chi connectivity index (χ1) is 10.1. The van der Waals surface area contributed by atoms with E-state index < -0.39 is 0 Å². The summed E-state index contributed by atoms with van der Waals surface area (Å²) in [6.07, 6.45) is 2.74. The summed E-state index contributed by atoms with van der Waals surface area (Å²) in [6.45, 7) is 0. The molecule has 1 aliphatic rings. The van der Waals surface area contributed by atoms with Crippen molar-refractivity contribution in [3.05, 3.63) is 23.8 Å². The number of ether oxygens (including phenoxy) is 1. The lowest BCUT2D eigenvalue weighted by Gasteiger charge is -2.21. The minimum absolute atomic E-state index is 0.00565. The molecule has 6 heteroatoms. The summed E-state index contributed by atoms with van der Waals surface area (Å²) >= 11 is 7.00. The predicted octanol–water partition coefficient (Wildman–Crippen LogP) is 2.80. The van der Waals surface area contributed by atoms with Crippen molar-refractivity contribution >= 4 is 40.6 Å². The summed E-state index contributed by atoms with van der Waals surface area (Å²) in [5.41, 5.74) is 6.93. The first kappa shape index (κ1) is 16.1. The Kier molecular flexibility index (Phi) is 5.87. The van der Waals surface area contributed by atoms with E-state index in [9.17, 15) is 4.79 Å². The number of nitrogens with two attached hydrogens (primary N) is 1. The SMILES string of the molecule is COc1cccc(C(N)=S)c1NC(=O)CC1CCSCC1. The molecule has 21 heavy (non-hydrogen) atoms. The van der Waals surface area contributed by atoms with Crippen LogP contribution in [0, 0.1) is 5.92 Å². The number of hydrogen-bond acceptors (Lipinski definition) is 4. The number of carbonyl (C=O) groups excluding carboxylic acids is 1. The maximum absolute atomic E-state index is 12.3. The largest absolute Gasteiger partial charge is 0.495 e. The van der Waals surface area contributed by atoms with Crippen LogP contribution in [0.25, 0.3) is 0 Å². The van der Waals surface area contributed by atoms with Crippen LogP contribution in [0.4, 0.5) is 5.69 Å². The molecule has 0 unspecified atom stereocenters. The van der Waals surface area contributed by atoms with Crippen LogP contribution in [0.5, 0.6) is 5.75 Å². The minimum atomic E-state index is -0.00565. The zero-order valence-corrected chi connectivity index (χ0v) is 13.7. The molecule has 3 N–H and O–H groups in total. The molecule has 0 spiro atoms. The molecule has 4 nitrogen and oxygen atoms in total. The third-order valence-corrected chi connectivity index (χ3v) is 4.86. The second kappa shape index (κ2) is 7.66. The number of rotatable bonds is 5. The normalized spacial score (nSPS) is 15.5. The number of anilines is 1. The molecule has 1 heterocycles. The van der Waals surface area contributed by atoms with Crippen LogP contribution >= 0.6 is 24.0 Å². The van der Waals surface area contributed by atoms with Gasteiger partial charge in [-0.15, -0.1) is 0 Å². The number of carbonyl (C=O) groups is 1. The fourth-order valence-corrected chi connectivity index (χ4v) is 3.81. The molecule has 0 bridgehead atoms. The maximum atomic E-state index is 12.3. The highest BCUT2D eigenvalue weighted by Gasteiger charge is 2.19. The number of para-hydroxylation sites is 1. The highest BCUT2D eigenvalue weighted by atomic mass is 32.2. The molecule has 1 aromatic carbocycles. The van der Waals surface area contributed by atoms with E-state index in [2.05, 4.69) is 5.32 Å². The van der Waals surface area contributed by atoms with Crippen LogP contribution in [0.2, 0.25) is 0 Å². The third kappa shape index (κ3) is 4.35. The van der Waals surface area contributed by atoms with Gasteiger partial charge in [-0.3, -0.25) is 4.79 Å². The van der Waals surface area contributed by atoms with E-state index in [-0.39, 0.29) is 10.9 Å². The smallest absolute Gasteiger partial charge is 0.224 e. The van der Waals surface area contributed by atoms with Crippen LogP contribution in [0.3, 0.4) is 0 Å². The summed E-state index contributed by atoms with van der Waals surface area (Å²) in [5.74, 6) is 3.33. The molecule has 1 saturated heterocycles. The number of thioether (sulfide) groups is 1. The standard InChI is InChI=1S/C15H20N2O2S2/c1-19-12-4-2-3-11(15(16)20)14(12)17-13(18)9-10-5-7-21-8-6-10/h2-4,10H,5-9H2,1H3,(H2,16,20)(H,17,18). The Balaban J connectivity index is 2.10. The van der Waals surface area contributed by atoms with Gasteiger partial charge in [0, 0.05) is 12.0 Å². The van der Waals surface area contributed by atoms with Gasteiger partial charge in [-0.1, -0.05) is 18.3 Å². The molecule has 1 aromatic rings. The predicted molar refractivity (Wildman–Crippen MR) is 92.2 cm³/mol. The van der Waals surface area contributed by atoms with Gasteiger partial charge >= 0.3 is 0 Å². The van der Waals surface area contributed by atoms with Crippen LogP contribution < -0.4 is 15.8 Å². The molecular weight excluding hydrogens is 304 g/mol. The lowest BCUT2D eigenvalue weighted by Crippen LogP contribution is -2.22. The molecule has 2 rings (SSSR count). The van der Waals surface area contributed by atoms with Gasteiger partial charge in [0.1, 0.15) is 10.7 Å². The van der Waals surface area contributed by atoms with Crippen LogP contribution in [-0.4, -0.2) is 29.5 Å². The topological polar surface area (TPSA) is 64.3 Å². The fraction of sp³-hybridized carbons (Fsp3) is 0.467. The van der Waals surface area contributed by atoms with Crippen LogP contribution in [0.15, 0.2) is 18.2 Å². The van der Waals surface area contributed by atoms with Crippen molar-refractivity contribution in [3.8, 4) is 5.75 Å². The molecule has 0 aliphatic carbocycles. The Hall–Kier alpha value is -1.27. The summed E-state index contributed by atoms with van der Waals surface area (Å²) in [4.78, 5) is 12.5. The lowest BCUT2D eigenvalue weighted by molar-refractivity contribution is -0.117. The lowest BCUT2D eigenvalue weighted by atomic mass is 9.98. The van der Waals surface area contributed by atoms with Gasteiger partial charge in [-0.05, 0) is 42.4 Å². The van der Waals surface area contributed by atoms with Gasteiger partial charge in [0.15, 0.2) is 0 Å². The molecular formula is C15H20N2O2S2. The number of benzene rings is 1. The molecule has 0 aromatic heterocycles. The van der Waals surface area contributed by atoms with E-state index in [4.69, 9.17) is 22.7 Å². The van der Waals surface area contributed by atoms with Crippen LogP contribution in [-0.2, 0) is 4.79 Å². The zero-order valence-electron chi connectivity index (χ0n) is 12.1. The maximum Gasteiger partial charge on any atom is 0.224 e. The first-order valence-corrected chi connectivity index (χ1v) is 8.52. The summed E-state index contributed by atoms with van der Waals surface area (Å²) in [7, 11) is 1.56. The van der Waals surface area contributed by atoms with E-state index in [0.717, 1.165) is 24.3 Å². The van der Waals surface area contributed by atoms with E-state index in [0.29, 0.717) is 29.3 Å². The van der Waals surface area contributed by atoms with Gasteiger partial charge in [-0.2, -0.15) is 11.8 Å². The quantitative estimate of drug-likeness (QED) is 0.816. The summed E-state index contributed by atoms with van der Waals surface area (Å²) < 4.78 is 5.29. The van der Waals surface area contributed by atoms with Gasteiger partial charge in [0.2, 0.25) is 5.91 Å². The molecule has 1 fully saturated rings. The number of methoxy groups -OCH3 is 1. The van der Waals surface area contributed by atoms with Crippen molar-refractivity contribution in [1.82, 2.24) is 0 Å². The minimum Gasteiger partial charge on any atom is -0.495 e. The van der Waals surface area contributed by atoms with E-state index >= 15 is 0 Å². The number of amides is 1. The highest BCUT2D eigenvalue weighted by molar-refractivity contribution is 7.99. The molecule has 1 amide bonds. The van der Waals surface area contributed by atoms with Crippen molar-refractivity contribution in [2.75, 3.05) is 23.9 Å². The number of thiocarbonyl (C=S) groups is 1. The Morgan fingerprint density at radius 3 is 2.81 bits per heavy atom. The van der Waals surface area contributed by atoms with E-state index in [1.807, 2.05) is 11.8 Å². The van der Waals surface area contributed by atoms with Gasteiger partial charge in [0.25, 0.3) is 0 Å². The Morgan fingerprint density at radius 2 is 2.19 bits per heavy atom. The highest BCUT2D eigenvalue weighted by Crippen LogP contribution is 2.30. The van der Waals surface area contributed by atoms with Crippen molar-refractivity contribution < 1.29 is 9.53 Å². The fourth-order valence-electron chi connectivity index (χ4n) is 2.44. The Labute approximate surface area is 134 Å². The van der Waals surface area contributed by atoms with Crippen molar-refractivity contribution in [3.63, 3.8) is 0 Å². The molecule has 0 saturated carbocycles. The van der Waals surface area contributed by atoms with Crippen LogP contribution in [0.1, 0.15) is 24.8 Å². The number of hydrogen-bond donors (Lipinski definition) is 2. The average molecular weight is 324 g/mol. The van der Waals surface area contributed by atoms with Gasteiger partial charge in [-0.25, -0.2) is 0 Å².